The van der Waals surface area contributed by atoms with Crippen LogP contribution in [0.1, 0.15) is 0 Å². The van der Waals surface area contributed by atoms with E-state index < -0.39 is 6.43 Å². The van der Waals surface area contributed by atoms with E-state index in [2.05, 4.69) is 9.97 Å². The number of aromatic nitrogens is 3. The summed E-state index contributed by atoms with van der Waals surface area (Å²) in [5.41, 5.74) is 2.14. The smallest absolute Gasteiger partial charge is 0.256 e. The van der Waals surface area contributed by atoms with E-state index in [4.69, 9.17) is 11.6 Å². The van der Waals surface area contributed by atoms with Gasteiger partial charge in [0.1, 0.15) is 0 Å². The molecule has 0 saturated carbocycles. The van der Waals surface area contributed by atoms with Gasteiger partial charge in [0.25, 0.3) is 6.43 Å². The minimum Gasteiger partial charge on any atom is -0.341 e. The first-order chi connectivity index (χ1) is 9.65. The Kier molecular flexibility index (Phi) is 3.36. The maximum atomic E-state index is 12.7. The van der Waals surface area contributed by atoms with E-state index in [9.17, 15) is 8.78 Å². The van der Waals surface area contributed by atoms with E-state index in [0.29, 0.717) is 5.69 Å². The molecule has 0 atom stereocenters. The van der Waals surface area contributed by atoms with Crippen LogP contribution < -0.4 is 0 Å². The molecule has 0 saturated heterocycles. The number of fused-ring (bicyclic) bond motifs is 1. The lowest BCUT2D eigenvalue weighted by atomic mass is 10.1. The third-order valence-electron chi connectivity index (χ3n) is 3.03. The van der Waals surface area contributed by atoms with E-state index in [0.717, 1.165) is 16.5 Å². The first-order valence-corrected chi connectivity index (χ1v) is 6.38. The molecule has 0 amide bonds. The van der Waals surface area contributed by atoms with E-state index in [-0.39, 0.29) is 11.8 Å². The van der Waals surface area contributed by atoms with Gasteiger partial charge in [-0.1, -0.05) is 18.2 Å². The van der Waals surface area contributed by atoms with Crippen molar-refractivity contribution in [1.29, 1.82) is 0 Å². The molecule has 0 radical (unpaired) electrons. The Morgan fingerprint density at radius 2 is 2.00 bits per heavy atom. The highest BCUT2D eigenvalue weighted by Gasteiger charge is 2.14. The van der Waals surface area contributed by atoms with Gasteiger partial charge in [-0.3, -0.25) is 0 Å². The molecule has 20 heavy (non-hydrogen) atoms. The van der Waals surface area contributed by atoms with Gasteiger partial charge in [0, 0.05) is 28.9 Å². The third kappa shape index (κ3) is 2.36. The summed E-state index contributed by atoms with van der Waals surface area (Å²) in [5.74, 6) is 0. The standard InChI is InChI=1S/C14H10ClF2N3/c15-14-18-6-5-11(19-14)10-7-20(8-13(16)17)12-4-2-1-3-9(10)12/h1-7,13H,8H2. The first kappa shape index (κ1) is 13.0. The molecule has 0 N–H and O–H groups in total. The Bertz CT molecular complexity index is 755. The van der Waals surface area contributed by atoms with Crippen LogP contribution in [-0.4, -0.2) is 21.0 Å². The van der Waals surface area contributed by atoms with Gasteiger partial charge in [-0.25, -0.2) is 18.7 Å². The van der Waals surface area contributed by atoms with Crippen LogP contribution in [0.5, 0.6) is 0 Å². The van der Waals surface area contributed by atoms with Crippen LogP contribution in [0, 0.1) is 0 Å². The fraction of sp³-hybridized carbons (Fsp3) is 0.143. The van der Waals surface area contributed by atoms with Crippen LogP contribution in [0.15, 0.2) is 42.7 Å². The van der Waals surface area contributed by atoms with E-state index in [1.165, 1.54) is 4.57 Å². The molecule has 0 aliphatic carbocycles. The fourth-order valence-corrected chi connectivity index (χ4v) is 2.38. The SMILES string of the molecule is FC(F)Cn1cc(-c2ccnc(Cl)n2)c2ccccc21. The molecule has 0 aliphatic rings. The Morgan fingerprint density at radius 3 is 2.75 bits per heavy atom. The Labute approximate surface area is 118 Å². The molecule has 1 aromatic carbocycles. The monoisotopic (exact) mass is 293 g/mol. The number of para-hydroxylation sites is 1. The predicted octanol–water partition coefficient (Wildman–Crippen LogP) is 4.02. The maximum absolute atomic E-state index is 12.7. The van der Waals surface area contributed by atoms with Crippen molar-refractivity contribution in [2.24, 2.45) is 0 Å². The van der Waals surface area contributed by atoms with Gasteiger partial charge in [0.05, 0.1) is 12.2 Å². The van der Waals surface area contributed by atoms with Gasteiger partial charge in [-0.15, -0.1) is 0 Å². The highest BCUT2D eigenvalue weighted by atomic mass is 35.5. The first-order valence-electron chi connectivity index (χ1n) is 6.00. The number of hydrogen-bond donors (Lipinski definition) is 0. The Balaban J connectivity index is 2.21. The van der Waals surface area contributed by atoms with Crippen LogP contribution in [0.4, 0.5) is 8.78 Å². The second kappa shape index (κ2) is 5.17. The van der Waals surface area contributed by atoms with Crippen LogP contribution >= 0.6 is 11.6 Å². The molecule has 0 bridgehead atoms. The van der Waals surface area contributed by atoms with Crippen LogP contribution in [0.2, 0.25) is 5.28 Å². The largest absolute Gasteiger partial charge is 0.341 e. The molecule has 0 aliphatic heterocycles. The van der Waals surface area contributed by atoms with Gasteiger partial charge in [0.15, 0.2) is 0 Å². The van der Waals surface area contributed by atoms with Crippen LogP contribution in [0.3, 0.4) is 0 Å². The maximum Gasteiger partial charge on any atom is 0.256 e. The van der Waals surface area contributed by atoms with Crippen LogP contribution in [0.25, 0.3) is 22.2 Å². The molecule has 0 fully saturated rings. The summed E-state index contributed by atoms with van der Waals surface area (Å²) >= 11 is 5.79. The average molecular weight is 294 g/mol. The highest BCUT2D eigenvalue weighted by Crippen LogP contribution is 2.30. The van der Waals surface area contributed by atoms with Gasteiger partial charge < -0.3 is 4.57 Å². The van der Waals surface area contributed by atoms with Crippen LogP contribution in [-0.2, 0) is 6.54 Å². The molecule has 2 heterocycles. The van der Waals surface area contributed by atoms with Crippen molar-refractivity contribution in [2.45, 2.75) is 13.0 Å². The molecule has 6 heteroatoms. The van der Waals surface area contributed by atoms with Crippen molar-refractivity contribution in [2.75, 3.05) is 0 Å². The second-order valence-corrected chi connectivity index (χ2v) is 4.65. The van der Waals surface area contributed by atoms with Gasteiger partial charge in [-0.2, -0.15) is 0 Å². The topological polar surface area (TPSA) is 30.7 Å². The Morgan fingerprint density at radius 1 is 1.20 bits per heavy atom. The molecule has 0 unspecified atom stereocenters. The summed E-state index contributed by atoms with van der Waals surface area (Å²) in [5, 5.41) is 0.996. The second-order valence-electron chi connectivity index (χ2n) is 4.31. The lowest BCUT2D eigenvalue weighted by Crippen LogP contribution is -2.04. The number of benzene rings is 1. The summed E-state index contributed by atoms with van der Waals surface area (Å²) < 4.78 is 26.8. The van der Waals surface area contributed by atoms with Gasteiger partial charge in [-0.05, 0) is 23.7 Å². The number of hydrogen-bond acceptors (Lipinski definition) is 2. The number of nitrogens with zero attached hydrogens (tertiary/aromatic N) is 3. The van der Waals surface area contributed by atoms with Gasteiger partial charge in [0.2, 0.25) is 5.28 Å². The molecular weight excluding hydrogens is 284 g/mol. The lowest BCUT2D eigenvalue weighted by molar-refractivity contribution is 0.128. The average Bonchev–Trinajstić information content (AvgIpc) is 2.77. The summed E-state index contributed by atoms with van der Waals surface area (Å²) in [7, 11) is 0. The minimum absolute atomic E-state index is 0.133. The van der Waals surface area contributed by atoms with Crippen molar-refractivity contribution in [3.05, 3.63) is 48.0 Å². The number of alkyl halides is 2. The molecule has 102 valence electrons. The predicted molar refractivity (Wildman–Crippen MR) is 74.0 cm³/mol. The molecule has 3 aromatic rings. The molecule has 3 nitrogen and oxygen atoms in total. The normalized spacial score (nSPS) is 11.4. The Hall–Kier alpha value is -2.01. The van der Waals surface area contributed by atoms with Crippen molar-refractivity contribution < 1.29 is 8.78 Å². The summed E-state index contributed by atoms with van der Waals surface area (Å²) in [4.78, 5) is 7.97. The summed E-state index contributed by atoms with van der Waals surface area (Å²) in [6.45, 7) is -0.348. The minimum atomic E-state index is -2.41. The number of rotatable bonds is 3. The zero-order chi connectivity index (χ0) is 14.1. The third-order valence-corrected chi connectivity index (χ3v) is 3.21. The van der Waals surface area contributed by atoms with Crippen molar-refractivity contribution in [1.82, 2.24) is 14.5 Å². The highest BCUT2D eigenvalue weighted by molar-refractivity contribution is 6.28. The fourth-order valence-electron chi connectivity index (χ4n) is 2.24. The molecule has 3 rings (SSSR count). The van der Waals surface area contributed by atoms with E-state index in [1.807, 2.05) is 24.3 Å². The summed E-state index contributed by atoms with van der Waals surface area (Å²) in [6.07, 6.45) is 0.812. The number of halogens is 3. The van der Waals surface area contributed by atoms with E-state index in [1.54, 1.807) is 18.5 Å². The summed E-state index contributed by atoms with van der Waals surface area (Å²) in [6, 6.07) is 9.08. The van der Waals surface area contributed by atoms with Crippen molar-refractivity contribution in [3.63, 3.8) is 0 Å². The lowest BCUT2D eigenvalue weighted by Gasteiger charge is -2.02. The van der Waals surface area contributed by atoms with Gasteiger partial charge >= 0.3 is 0 Å². The molecule has 2 aromatic heterocycles. The van der Waals surface area contributed by atoms with Crippen molar-refractivity contribution >= 4 is 22.5 Å². The van der Waals surface area contributed by atoms with E-state index >= 15 is 0 Å². The molecular formula is C14H10ClF2N3. The zero-order valence-corrected chi connectivity index (χ0v) is 11.1. The zero-order valence-electron chi connectivity index (χ0n) is 10.3. The molecule has 0 spiro atoms. The quantitative estimate of drug-likeness (QED) is 0.683. The van der Waals surface area contributed by atoms with Crippen molar-refractivity contribution in [3.8, 4) is 11.3 Å².